The lowest BCUT2D eigenvalue weighted by atomic mass is 9.78. The standard InChI is InChI=1S/C15H30N2O/c1-4-8-15(11-16,9-5-2)14(18)17-10-12(3)13-6-7-13/h12-13H,4-11,16H2,1-3H3,(H,17,18). The molecule has 0 bridgehead atoms. The molecule has 3 N–H and O–H groups in total. The Balaban J connectivity index is 2.51. The molecule has 0 aromatic rings. The Hall–Kier alpha value is -0.570. The fourth-order valence-corrected chi connectivity index (χ4v) is 2.88. The van der Waals surface area contributed by atoms with Gasteiger partial charge in [-0.2, -0.15) is 0 Å². The molecule has 0 radical (unpaired) electrons. The number of nitrogens with one attached hydrogen (secondary N) is 1. The summed E-state index contributed by atoms with van der Waals surface area (Å²) in [6, 6.07) is 0. The van der Waals surface area contributed by atoms with Crippen LogP contribution in [0.15, 0.2) is 0 Å². The fourth-order valence-electron chi connectivity index (χ4n) is 2.88. The predicted molar refractivity (Wildman–Crippen MR) is 76.2 cm³/mol. The van der Waals surface area contributed by atoms with Crippen molar-refractivity contribution in [3.63, 3.8) is 0 Å². The number of amides is 1. The minimum absolute atomic E-state index is 0.182. The number of nitrogens with two attached hydrogens (primary N) is 1. The van der Waals surface area contributed by atoms with Gasteiger partial charge in [0, 0.05) is 13.1 Å². The van der Waals surface area contributed by atoms with Crippen LogP contribution in [0.5, 0.6) is 0 Å². The molecule has 1 aliphatic rings. The molecule has 106 valence electrons. The van der Waals surface area contributed by atoms with Crippen LogP contribution in [0.25, 0.3) is 0 Å². The summed E-state index contributed by atoms with van der Waals surface area (Å²) in [7, 11) is 0. The molecule has 3 nitrogen and oxygen atoms in total. The van der Waals surface area contributed by atoms with E-state index in [9.17, 15) is 4.79 Å². The summed E-state index contributed by atoms with van der Waals surface area (Å²) in [6.07, 6.45) is 6.51. The van der Waals surface area contributed by atoms with E-state index in [2.05, 4.69) is 26.1 Å². The molecule has 1 aliphatic carbocycles. The maximum absolute atomic E-state index is 12.4. The molecule has 0 aliphatic heterocycles. The Bertz CT molecular complexity index is 255. The monoisotopic (exact) mass is 254 g/mol. The quantitative estimate of drug-likeness (QED) is 0.664. The molecule has 0 spiro atoms. The van der Waals surface area contributed by atoms with Crippen LogP contribution in [-0.2, 0) is 4.79 Å². The predicted octanol–water partition coefficient (Wildman–Crippen LogP) is 2.69. The summed E-state index contributed by atoms with van der Waals surface area (Å²) >= 11 is 0. The van der Waals surface area contributed by atoms with Crippen molar-refractivity contribution in [3.05, 3.63) is 0 Å². The molecule has 0 saturated heterocycles. The van der Waals surface area contributed by atoms with E-state index in [-0.39, 0.29) is 11.3 Å². The van der Waals surface area contributed by atoms with E-state index in [1.54, 1.807) is 0 Å². The zero-order valence-electron chi connectivity index (χ0n) is 12.3. The smallest absolute Gasteiger partial charge is 0.227 e. The van der Waals surface area contributed by atoms with E-state index >= 15 is 0 Å². The highest BCUT2D eigenvalue weighted by Gasteiger charge is 2.36. The van der Waals surface area contributed by atoms with E-state index in [0.717, 1.165) is 38.1 Å². The minimum atomic E-state index is -0.327. The lowest BCUT2D eigenvalue weighted by Gasteiger charge is -2.31. The van der Waals surface area contributed by atoms with Crippen molar-refractivity contribution in [1.82, 2.24) is 5.32 Å². The largest absolute Gasteiger partial charge is 0.355 e. The maximum Gasteiger partial charge on any atom is 0.227 e. The third-order valence-corrected chi connectivity index (χ3v) is 4.34. The molecule has 1 rings (SSSR count). The van der Waals surface area contributed by atoms with Crippen molar-refractivity contribution in [2.24, 2.45) is 23.0 Å². The molecule has 0 heterocycles. The van der Waals surface area contributed by atoms with E-state index in [0.29, 0.717) is 12.5 Å². The van der Waals surface area contributed by atoms with Crippen molar-refractivity contribution < 1.29 is 4.79 Å². The van der Waals surface area contributed by atoms with Gasteiger partial charge in [0.1, 0.15) is 0 Å². The van der Waals surface area contributed by atoms with Crippen molar-refractivity contribution in [3.8, 4) is 0 Å². The number of rotatable bonds is 9. The fraction of sp³-hybridized carbons (Fsp3) is 0.933. The normalized spacial score (nSPS) is 17.6. The molecule has 3 heteroatoms. The molecular formula is C15H30N2O. The Morgan fingerprint density at radius 2 is 1.89 bits per heavy atom. The van der Waals surface area contributed by atoms with Gasteiger partial charge < -0.3 is 11.1 Å². The Morgan fingerprint density at radius 3 is 2.28 bits per heavy atom. The number of hydrogen-bond acceptors (Lipinski definition) is 2. The molecule has 0 aromatic carbocycles. The second kappa shape index (κ2) is 7.13. The number of hydrogen-bond donors (Lipinski definition) is 2. The van der Waals surface area contributed by atoms with Gasteiger partial charge in [-0.05, 0) is 37.5 Å². The maximum atomic E-state index is 12.4. The third kappa shape index (κ3) is 3.98. The van der Waals surface area contributed by atoms with E-state index in [4.69, 9.17) is 5.73 Å². The van der Waals surface area contributed by atoms with Crippen molar-refractivity contribution in [1.29, 1.82) is 0 Å². The average Bonchev–Trinajstić information content (AvgIpc) is 3.19. The lowest BCUT2D eigenvalue weighted by molar-refractivity contribution is -0.131. The van der Waals surface area contributed by atoms with Gasteiger partial charge in [0.15, 0.2) is 0 Å². The number of carbonyl (C=O) groups excluding carboxylic acids is 1. The second-order valence-corrected chi connectivity index (χ2v) is 6.01. The topological polar surface area (TPSA) is 55.1 Å². The van der Waals surface area contributed by atoms with E-state index < -0.39 is 0 Å². The molecule has 1 atom stereocenters. The van der Waals surface area contributed by atoms with Crippen LogP contribution in [-0.4, -0.2) is 19.0 Å². The van der Waals surface area contributed by atoms with Crippen LogP contribution < -0.4 is 11.1 Å². The first-order chi connectivity index (χ1) is 8.59. The van der Waals surface area contributed by atoms with Crippen molar-refractivity contribution >= 4 is 5.91 Å². The van der Waals surface area contributed by atoms with Crippen LogP contribution in [0.2, 0.25) is 0 Å². The summed E-state index contributed by atoms with van der Waals surface area (Å²) in [5.74, 6) is 1.64. The molecule has 1 amide bonds. The van der Waals surface area contributed by atoms with Gasteiger partial charge in [0.05, 0.1) is 5.41 Å². The van der Waals surface area contributed by atoms with Gasteiger partial charge in [0.25, 0.3) is 0 Å². The summed E-state index contributed by atoms with van der Waals surface area (Å²) in [5, 5.41) is 3.15. The Morgan fingerprint density at radius 1 is 1.33 bits per heavy atom. The molecule has 1 unspecified atom stereocenters. The van der Waals surface area contributed by atoms with Crippen molar-refractivity contribution in [2.45, 2.75) is 59.3 Å². The van der Waals surface area contributed by atoms with E-state index in [1.807, 2.05) is 0 Å². The Labute approximate surface area is 112 Å². The molecule has 1 saturated carbocycles. The molecule has 1 fully saturated rings. The van der Waals surface area contributed by atoms with Crippen LogP contribution in [0.1, 0.15) is 59.3 Å². The van der Waals surface area contributed by atoms with Gasteiger partial charge >= 0.3 is 0 Å². The van der Waals surface area contributed by atoms with Gasteiger partial charge in [0.2, 0.25) is 5.91 Å². The first kappa shape index (κ1) is 15.5. The minimum Gasteiger partial charge on any atom is -0.355 e. The van der Waals surface area contributed by atoms with Crippen LogP contribution in [0.3, 0.4) is 0 Å². The zero-order chi connectivity index (χ0) is 13.6. The second-order valence-electron chi connectivity index (χ2n) is 6.01. The van der Waals surface area contributed by atoms with Gasteiger partial charge in [-0.1, -0.05) is 33.6 Å². The molecular weight excluding hydrogens is 224 g/mol. The first-order valence-corrected chi connectivity index (χ1v) is 7.58. The summed E-state index contributed by atoms with van der Waals surface area (Å²) in [5.41, 5.74) is 5.57. The van der Waals surface area contributed by atoms with Gasteiger partial charge in [-0.25, -0.2) is 0 Å². The summed E-state index contributed by atoms with van der Waals surface area (Å²) in [6.45, 7) is 7.78. The first-order valence-electron chi connectivity index (χ1n) is 7.58. The van der Waals surface area contributed by atoms with E-state index in [1.165, 1.54) is 12.8 Å². The average molecular weight is 254 g/mol. The van der Waals surface area contributed by atoms with Crippen molar-refractivity contribution in [2.75, 3.05) is 13.1 Å². The molecule has 18 heavy (non-hydrogen) atoms. The van der Waals surface area contributed by atoms with Gasteiger partial charge in [-0.15, -0.1) is 0 Å². The Kier molecular flexibility index (Phi) is 6.13. The highest BCUT2D eigenvalue weighted by atomic mass is 16.2. The summed E-state index contributed by atoms with van der Waals surface area (Å²) in [4.78, 5) is 12.4. The van der Waals surface area contributed by atoms with Crippen LogP contribution in [0.4, 0.5) is 0 Å². The molecule has 0 aromatic heterocycles. The highest BCUT2D eigenvalue weighted by molar-refractivity contribution is 5.82. The third-order valence-electron chi connectivity index (χ3n) is 4.34. The van der Waals surface area contributed by atoms with Crippen LogP contribution >= 0.6 is 0 Å². The highest BCUT2D eigenvalue weighted by Crippen LogP contribution is 2.36. The SMILES string of the molecule is CCCC(CN)(CCC)C(=O)NCC(C)C1CC1. The number of carbonyl (C=O) groups is 1. The van der Waals surface area contributed by atoms with Gasteiger partial charge in [-0.3, -0.25) is 4.79 Å². The summed E-state index contributed by atoms with van der Waals surface area (Å²) < 4.78 is 0. The zero-order valence-corrected chi connectivity index (χ0v) is 12.3. The lowest BCUT2D eigenvalue weighted by Crippen LogP contribution is -2.47. The van der Waals surface area contributed by atoms with Crippen LogP contribution in [0, 0.1) is 17.3 Å².